The van der Waals surface area contributed by atoms with Crippen LogP contribution >= 0.6 is 0 Å². The Bertz CT molecular complexity index is 1320. The van der Waals surface area contributed by atoms with Crippen molar-refractivity contribution in [1.82, 2.24) is 14.3 Å². The maximum Gasteiger partial charge on any atom is 0.258 e. The molecule has 1 N–H and O–H groups in total. The van der Waals surface area contributed by atoms with Crippen molar-refractivity contribution < 1.29 is 9.84 Å². The Labute approximate surface area is 174 Å². The van der Waals surface area contributed by atoms with E-state index in [2.05, 4.69) is 5.10 Å². The summed E-state index contributed by atoms with van der Waals surface area (Å²) in [4.78, 5) is 12.8. The van der Waals surface area contributed by atoms with Gasteiger partial charge in [-0.05, 0) is 73.0 Å². The summed E-state index contributed by atoms with van der Waals surface area (Å²) in [5, 5.41) is 16.0. The van der Waals surface area contributed by atoms with Gasteiger partial charge in [0.05, 0.1) is 18.5 Å². The van der Waals surface area contributed by atoms with Crippen molar-refractivity contribution in [3.63, 3.8) is 0 Å². The molecule has 0 unspecified atom stereocenters. The van der Waals surface area contributed by atoms with E-state index in [4.69, 9.17) is 4.74 Å². The van der Waals surface area contributed by atoms with Gasteiger partial charge in [0.2, 0.25) is 0 Å². The van der Waals surface area contributed by atoms with Gasteiger partial charge < -0.3 is 14.4 Å². The fourth-order valence-corrected chi connectivity index (χ4v) is 3.71. The van der Waals surface area contributed by atoms with Crippen LogP contribution in [0.3, 0.4) is 0 Å². The first-order chi connectivity index (χ1) is 14.5. The van der Waals surface area contributed by atoms with Crippen LogP contribution in [0.4, 0.5) is 0 Å². The van der Waals surface area contributed by atoms with Crippen molar-refractivity contribution in [3.8, 4) is 28.3 Å². The highest BCUT2D eigenvalue weighted by atomic mass is 16.5. The van der Waals surface area contributed by atoms with Gasteiger partial charge in [0.15, 0.2) is 0 Å². The molecule has 0 saturated heterocycles. The van der Waals surface area contributed by atoms with E-state index in [1.54, 1.807) is 40.7 Å². The molecule has 5 rings (SSSR count). The summed E-state index contributed by atoms with van der Waals surface area (Å²) in [6.07, 6.45) is 7.95. The van der Waals surface area contributed by atoms with Crippen LogP contribution in [0.25, 0.3) is 27.6 Å². The lowest BCUT2D eigenvalue weighted by atomic mass is 9.99. The zero-order valence-corrected chi connectivity index (χ0v) is 17.0. The van der Waals surface area contributed by atoms with Crippen LogP contribution in [0.5, 0.6) is 11.5 Å². The van der Waals surface area contributed by atoms with Gasteiger partial charge in [0.25, 0.3) is 5.56 Å². The molecule has 0 aliphatic heterocycles. The lowest BCUT2D eigenvalue weighted by Crippen LogP contribution is -2.17. The molecule has 30 heavy (non-hydrogen) atoms. The summed E-state index contributed by atoms with van der Waals surface area (Å²) in [6, 6.07) is 10.8. The van der Waals surface area contributed by atoms with E-state index in [1.165, 1.54) is 12.8 Å². The molecule has 152 valence electrons. The average Bonchev–Trinajstić information content (AvgIpc) is 3.47. The van der Waals surface area contributed by atoms with Crippen LogP contribution in [0.2, 0.25) is 0 Å². The van der Waals surface area contributed by atoms with Gasteiger partial charge in [-0.2, -0.15) is 5.10 Å². The predicted octanol–water partition coefficient (Wildman–Crippen LogP) is 4.19. The maximum absolute atomic E-state index is 12.8. The van der Waals surface area contributed by atoms with Crippen molar-refractivity contribution in [3.05, 3.63) is 70.9 Å². The van der Waals surface area contributed by atoms with E-state index in [0.29, 0.717) is 23.7 Å². The Hall–Kier alpha value is -3.54. The molecule has 6 heteroatoms. The number of fused-ring (bicyclic) bond motifs is 1. The lowest BCUT2D eigenvalue weighted by Gasteiger charge is -2.16. The number of pyridine rings is 1. The van der Waals surface area contributed by atoms with Crippen LogP contribution in [-0.4, -0.2) is 26.1 Å². The van der Waals surface area contributed by atoms with E-state index in [-0.39, 0.29) is 11.3 Å². The Morgan fingerprint density at radius 1 is 1.10 bits per heavy atom. The normalized spacial score (nSPS) is 13.7. The fourth-order valence-electron chi connectivity index (χ4n) is 3.71. The highest BCUT2D eigenvalue weighted by Gasteiger charge is 2.23. The molecule has 2 heterocycles. The van der Waals surface area contributed by atoms with E-state index < -0.39 is 0 Å². The molecule has 0 radical (unpaired) electrons. The smallest absolute Gasteiger partial charge is 0.258 e. The summed E-state index contributed by atoms with van der Waals surface area (Å²) in [7, 11) is 1.74. The topological polar surface area (TPSA) is 69.3 Å². The van der Waals surface area contributed by atoms with Crippen molar-refractivity contribution in [2.75, 3.05) is 6.61 Å². The second-order valence-electron chi connectivity index (χ2n) is 8.09. The highest BCUT2D eigenvalue weighted by Crippen LogP contribution is 2.38. The first-order valence-corrected chi connectivity index (χ1v) is 10.1. The molecule has 2 aromatic heterocycles. The molecule has 0 bridgehead atoms. The third-order valence-electron chi connectivity index (χ3n) is 5.57. The molecule has 1 aliphatic rings. The molecule has 2 aromatic carbocycles. The molecule has 0 spiro atoms. The third kappa shape index (κ3) is 3.34. The van der Waals surface area contributed by atoms with E-state index in [1.807, 2.05) is 37.5 Å². The zero-order chi connectivity index (χ0) is 20.8. The summed E-state index contributed by atoms with van der Waals surface area (Å²) >= 11 is 0. The predicted molar refractivity (Wildman–Crippen MR) is 116 cm³/mol. The number of phenolic OH excluding ortho intramolecular Hbond substituents is 1. The summed E-state index contributed by atoms with van der Waals surface area (Å²) in [6.45, 7) is 2.65. The van der Waals surface area contributed by atoms with Crippen LogP contribution in [0.1, 0.15) is 18.4 Å². The number of rotatable bonds is 5. The van der Waals surface area contributed by atoms with Gasteiger partial charge in [0.1, 0.15) is 11.5 Å². The molecule has 4 aromatic rings. The van der Waals surface area contributed by atoms with Gasteiger partial charge in [0, 0.05) is 36.0 Å². The first-order valence-electron chi connectivity index (χ1n) is 10.1. The second kappa shape index (κ2) is 7.06. The Balaban J connectivity index is 1.73. The van der Waals surface area contributed by atoms with Crippen molar-refractivity contribution in [1.29, 1.82) is 0 Å². The van der Waals surface area contributed by atoms with Gasteiger partial charge in [-0.1, -0.05) is 0 Å². The Morgan fingerprint density at radius 2 is 1.93 bits per heavy atom. The molecule has 0 atom stereocenters. The molecule has 1 fully saturated rings. The summed E-state index contributed by atoms with van der Waals surface area (Å²) in [5.41, 5.74) is 3.45. The van der Waals surface area contributed by atoms with Crippen molar-refractivity contribution in [2.45, 2.75) is 19.8 Å². The number of benzene rings is 2. The minimum atomic E-state index is -0.0717. The van der Waals surface area contributed by atoms with Crippen LogP contribution in [-0.2, 0) is 7.05 Å². The molecule has 6 nitrogen and oxygen atoms in total. The van der Waals surface area contributed by atoms with Crippen molar-refractivity contribution in [2.24, 2.45) is 13.0 Å². The third-order valence-corrected chi connectivity index (χ3v) is 5.57. The van der Waals surface area contributed by atoms with Crippen LogP contribution < -0.4 is 10.3 Å². The second-order valence-corrected chi connectivity index (χ2v) is 8.09. The quantitative estimate of drug-likeness (QED) is 0.544. The summed E-state index contributed by atoms with van der Waals surface area (Å²) < 4.78 is 9.46. The standard InChI is InChI=1S/C24H23N3O3/c1-15-11-25-27(12-15)17-5-7-19-20(9-17)22(13-26(2)24(19)29)21-10-18(28)6-8-23(21)30-14-16-3-4-16/h5-13,16,28H,3-4,14H2,1-2H3. The lowest BCUT2D eigenvalue weighted by molar-refractivity contribution is 0.300. The number of aryl methyl sites for hydroxylation is 2. The number of hydrogen-bond donors (Lipinski definition) is 1. The number of phenols is 1. The van der Waals surface area contributed by atoms with Crippen LogP contribution in [0.15, 0.2) is 59.8 Å². The van der Waals surface area contributed by atoms with Gasteiger partial charge in [-0.25, -0.2) is 4.68 Å². The highest BCUT2D eigenvalue weighted by molar-refractivity contribution is 5.98. The minimum absolute atomic E-state index is 0.0717. The molecular formula is C24H23N3O3. The Kier molecular flexibility index (Phi) is 4.35. The van der Waals surface area contributed by atoms with Crippen LogP contribution in [0, 0.1) is 12.8 Å². The largest absolute Gasteiger partial charge is 0.508 e. The SMILES string of the molecule is Cc1cnn(-c2ccc3c(=O)n(C)cc(-c4cc(O)ccc4OCC4CC4)c3c2)c1. The van der Waals surface area contributed by atoms with Gasteiger partial charge in [-0.3, -0.25) is 4.79 Å². The number of hydrogen-bond acceptors (Lipinski definition) is 4. The molecule has 1 aliphatic carbocycles. The number of aromatic hydroxyl groups is 1. The van der Waals surface area contributed by atoms with E-state index in [0.717, 1.165) is 27.8 Å². The molecule has 1 saturated carbocycles. The van der Waals surface area contributed by atoms with Gasteiger partial charge >= 0.3 is 0 Å². The Morgan fingerprint density at radius 3 is 2.67 bits per heavy atom. The van der Waals surface area contributed by atoms with E-state index in [9.17, 15) is 9.90 Å². The number of ether oxygens (including phenoxy) is 1. The summed E-state index contributed by atoms with van der Waals surface area (Å²) in [5.74, 6) is 1.47. The number of aromatic nitrogens is 3. The first kappa shape index (κ1) is 18.5. The molecule has 0 amide bonds. The zero-order valence-electron chi connectivity index (χ0n) is 17.0. The number of nitrogens with zero attached hydrogens (tertiary/aromatic N) is 3. The monoisotopic (exact) mass is 401 g/mol. The molecular weight excluding hydrogens is 378 g/mol. The van der Waals surface area contributed by atoms with E-state index >= 15 is 0 Å². The van der Waals surface area contributed by atoms with Crippen molar-refractivity contribution >= 4 is 10.8 Å². The van der Waals surface area contributed by atoms with Gasteiger partial charge in [-0.15, -0.1) is 0 Å². The maximum atomic E-state index is 12.8. The minimum Gasteiger partial charge on any atom is -0.508 e. The fraction of sp³-hybridized carbons (Fsp3) is 0.250. The average molecular weight is 401 g/mol.